The maximum Gasteiger partial charge on any atom is 0.159 e. The van der Waals surface area contributed by atoms with Crippen molar-refractivity contribution in [1.82, 2.24) is 9.97 Å². The number of fused-ring (bicyclic) bond motifs is 1. The summed E-state index contributed by atoms with van der Waals surface area (Å²) in [4.78, 5) is 9.20. The summed E-state index contributed by atoms with van der Waals surface area (Å²) in [5.41, 5.74) is 2.57. The van der Waals surface area contributed by atoms with Crippen LogP contribution >= 0.6 is 0 Å². The molecule has 0 aliphatic heterocycles. The predicted octanol–water partition coefficient (Wildman–Crippen LogP) is 5.11. The minimum Gasteiger partial charge on any atom is -0.365 e. The van der Waals surface area contributed by atoms with Crippen molar-refractivity contribution in [2.24, 2.45) is 0 Å². The fraction of sp³-hybridized carbons (Fsp3) is 0.0909. The maximum absolute atomic E-state index is 13.5. The number of aromatic nitrogens is 2. The van der Waals surface area contributed by atoms with Crippen molar-refractivity contribution in [2.75, 3.05) is 5.32 Å². The highest BCUT2D eigenvalue weighted by atomic mass is 19.2. The minimum atomic E-state index is -0.865. The highest BCUT2D eigenvalue weighted by Gasteiger charge is 2.10. The molecule has 27 heavy (non-hydrogen) atoms. The van der Waals surface area contributed by atoms with Crippen molar-refractivity contribution in [3.63, 3.8) is 0 Å². The van der Waals surface area contributed by atoms with Crippen LogP contribution in [0.5, 0.6) is 0 Å². The molecule has 1 aromatic heterocycles. The first-order chi connectivity index (χ1) is 13.2. The molecule has 134 valence electrons. The lowest BCUT2D eigenvalue weighted by atomic mass is 10.1. The Bertz CT molecular complexity index is 1080. The molecule has 0 saturated carbocycles. The Morgan fingerprint density at radius 1 is 0.741 bits per heavy atom. The maximum atomic E-state index is 13.5. The number of para-hydroxylation sites is 1. The topological polar surface area (TPSA) is 37.8 Å². The van der Waals surface area contributed by atoms with Crippen LogP contribution in [0.4, 0.5) is 14.6 Å². The van der Waals surface area contributed by atoms with Crippen LogP contribution in [0.3, 0.4) is 0 Å². The van der Waals surface area contributed by atoms with E-state index in [1.165, 1.54) is 6.07 Å². The van der Waals surface area contributed by atoms with Crippen LogP contribution in [-0.4, -0.2) is 9.97 Å². The number of anilines is 1. The minimum absolute atomic E-state index is 0.321. The highest BCUT2D eigenvalue weighted by molar-refractivity contribution is 5.89. The lowest BCUT2D eigenvalue weighted by Gasteiger charge is -2.11. The predicted molar refractivity (Wildman–Crippen MR) is 102 cm³/mol. The molecule has 1 N–H and O–H groups in total. The third-order valence-corrected chi connectivity index (χ3v) is 4.30. The summed E-state index contributed by atoms with van der Waals surface area (Å²) < 4.78 is 26.6. The van der Waals surface area contributed by atoms with Crippen molar-refractivity contribution < 1.29 is 8.78 Å². The summed E-state index contributed by atoms with van der Waals surface area (Å²) in [6, 6.07) is 21.6. The molecule has 0 radical (unpaired) electrons. The van der Waals surface area contributed by atoms with Gasteiger partial charge in [0.2, 0.25) is 0 Å². The van der Waals surface area contributed by atoms with Crippen LogP contribution in [0.1, 0.15) is 17.0 Å². The average molecular weight is 361 g/mol. The van der Waals surface area contributed by atoms with Gasteiger partial charge in [0.05, 0.1) is 5.52 Å². The summed E-state index contributed by atoms with van der Waals surface area (Å²) in [6.07, 6.45) is 0.321. The van der Waals surface area contributed by atoms with E-state index in [-0.39, 0.29) is 0 Å². The fourth-order valence-corrected chi connectivity index (χ4v) is 2.95. The molecule has 0 unspecified atom stereocenters. The number of hydrogen-bond donors (Lipinski definition) is 1. The number of hydrogen-bond acceptors (Lipinski definition) is 3. The van der Waals surface area contributed by atoms with Crippen LogP contribution in [0.15, 0.2) is 72.8 Å². The molecule has 0 atom stereocenters. The molecule has 5 heteroatoms. The van der Waals surface area contributed by atoms with Gasteiger partial charge in [-0.25, -0.2) is 18.7 Å². The van der Waals surface area contributed by atoms with Gasteiger partial charge < -0.3 is 5.32 Å². The first-order valence-corrected chi connectivity index (χ1v) is 8.66. The van der Waals surface area contributed by atoms with Gasteiger partial charge in [0.1, 0.15) is 11.6 Å². The Labute approximate surface area is 155 Å². The Kier molecular flexibility index (Phi) is 4.75. The average Bonchev–Trinajstić information content (AvgIpc) is 2.70. The van der Waals surface area contributed by atoms with E-state index < -0.39 is 11.6 Å². The zero-order valence-electron chi connectivity index (χ0n) is 14.5. The van der Waals surface area contributed by atoms with Crippen LogP contribution in [0, 0.1) is 11.6 Å². The SMILES string of the molecule is Fc1ccc(Cc2nc(NCc3ccccc3)c3ccccc3n2)cc1F. The largest absolute Gasteiger partial charge is 0.365 e. The molecule has 4 rings (SSSR count). The number of rotatable bonds is 5. The van der Waals surface area contributed by atoms with Gasteiger partial charge in [-0.15, -0.1) is 0 Å². The number of benzene rings is 3. The normalized spacial score (nSPS) is 10.9. The second-order valence-corrected chi connectivity index (χ2v) is 6.27. The molecule has 0 aliphatic carbocycles. The molecular weight excluding hydrogens is 344 g/mol. The lowest BCUT2D eigenvalue weighted by molar-refractivity contribution is 0.507. The van der Waals surface area contributed by atoms with Crippen molar-refractivity contribution in [1.29, 1.82) is 0 Å². The molecule has 0 fully saturated rings. The van der Waals surface area contributed by atoms with Crippen LogP contribution in [-0.2, 0) is 13.0 Å². The monoisotopic (exact) mass is 361 g/mol. The molecule has 0 aliphatic rings. The van der Waals surface area contributed by atoms with Gasteiger partial charge in [0.25, 0.3) is 0 Å². The van der Waals surface area contributed by atoms with E-state index in [4.69, 9.17) is 0 Å². The first-order valence-electron chi connectivity index (χ1n) is 8.66. The summed E-state index contributed by atoms with van der Waals surface area (Å²) in [6.45, 7) is 0.631. The Morgan fingerprint density at radius 2 is 1.52 bits per heavy atom. The summed E-state index contributed by atoms with van der Waals surface area (Å²) in [5, 5.41) is 4.28. The zero-order valence-corrected chi connectivity index (χ0v) is 14.5. The molecule has 4 aromatic rings. The Balaban J connectivity index is 1.66. The van der Waals surface area contributed by atoms with Crippen molar-refractivity contribution >= 4 is 16.7 Å². The van der Waals surface area contributed by atoms with Gasteiger partial charge >= 0.3 is 0 Å². The Morgan fingerprint density at radius 3 is 2.33 bits per heavy atom. The molecule has 0 spiro atoms. The smallest absolute Gasteiger partial charge is 0.159 e. The third kappa shape index (κ3) is 3.92. The van der Waals surface area contributed by atoms with Gasteiger partial charge in [-0.1, -0.05) is 48.5 Å². The van der Waals surface area contributed by atoms with Gasteiger partial charge in [-0.3, -0.25) is 0 Å². The van der Waals surface area contributed by atoms with E-state index in [2.05, 4.69) is 15.3 Å². The summed E-state index contributed by atoms with van der Waals surface area (Å²) in [5.74, 6) is -0.448. The van der Waals surface area contributed by atoms with Crippen LogP contribution in [0.2, 0.25) is 0 Å². The van der Waals surface area contributed by atoms with Crippen molar-refractivity contribution in [2.45, 2.75) is 13.0 Å². The molecule has 0 bridgehead atoms. The third-order valence-electron chi connectivity index (χ3n) is 4.30. The number of halogens is 2. The van der Waals surface area contributed by atoms with E-state index in [9.17, 15) is 8.78 Å². The standard InChI is InChI=1S/C22H17F2N3/c23-18-11-10-16(12-19(18)24)13-21-26-20-9-5-4-8-17(20)22(27-21)25-14-15-6-2-1-3-7-15/h1-12H,13-14H2,(H,25,26,27). The Hall–Kier alpha value is -3.34. The van der Waals surface area contributed by atoms with E-state index in [0.29, 0.717) is 24.4 Å². The summed E-state index contributed by atoms with van der Waals surface area (Å²) in [7, 11) is 0. The first kappa shape index (κ1) is 17.1. The number of nitrogens with one attached hydrogen (secondary N) is 1. The zero-order chi connectivity index (χ0) is 18.6. The highest BCUT2D eigenvalue weighted by Crippen LogP contribution is 2.22. The van der Waals surface area contributed by atoms with Crippen molar-refractivity contribution in [3.05, 3.63) is 101 Å². The summed E-state index contributed by atoms with van der Waals surface area (Å²) >= 11 is 0. The molecule has 0 amide bonds. The molecule has 1 heterocycles. The van der Waals surface area contributed by atoms with Gasteiger partial charge in [0, 0.05) is 18.4 Å². The molecule has 0 saturated heterocycles. The molecule has 3 nitrogen and oxygen atoms in total. The van der Waals surface area contributed by atoms with E-state index in [0.717, 1.165) is 28.4 Å². The molecular formula is C22H17F2N3. The van der Waals surface area contributed by atoms with Crippen LogP contribution in [0.25, 0.3) is 10.9 Å². The quantitative estimate of drug-likeness (QED) is 0.537. The second-order valence-electron chi connectivity index (χ2n) is 6.27. The molecule has 3 aromatic carbocycles. The second kappa shape index (κ2) is 7.50. The van der Waals surface area contributed by atoms with E-state index in [1.54, 1.807) is 6.07 Å². The van der Waals surface area contributed by atoms with Gasteiger partial charge in [-0.05, 0) is 35.4 Å². The van der Waals surface area contributed by atoms with Crippen molar-refractivity contribution in [3.8, 4) is 0 Å². The lowest BCUT2D eigenvalue weighted by Crippen LogP contribution is -2.06. The fourth-order valence-electron chi connectivity index (χ4n) is 2.95. The van der Waals surface area contributed by atoms with Crippen LogP contribution < -0.4 is 5.32 Å². The van der Waals surface area contributed by atoms with E-state index in [1.807, 2.05) is 54.6 Å². The van der Waals surface area contributed by atoms with E-state index >= 15 is 0 Å². The number of nitrogens with zero attached hydrogens (tertiary/aromatic N) is 2. The van der Waals surface area contributed by atoms with Gasteiger partial charge in [-0.2, -0.15) is 0 Å². The van der Waals surface area contributed by atoms with Gasteiger partial charge in [0.15, 0.2) is 11.6 Å².